The molecular formula is C16H13Cl2F2IN2O3. The van der Waals surface area contributed by atoms with Crippen LogP contribution in [0.25, 0.3) is 0 Å². The lowest BCUT2D eigenvalue weighted by atomic mass is 10.1. The topological polar surface area (TPSA) is 61.8 Å². The number of aliphatic hydroxyl groups is 1. The summed E-state index contributed by atoms with van der Waals surface area (Å²) in [5.41, 5.74) is -0.444. The fourth-order valence-electron chi connectivity index (χ4n) is 1.90. The highest BCUT2D eigenvalue weighted by Crippen LogP contribution is 2.32. The Bertz CT molecular complexity index is 824. The van der Waals surface area contributed by atoms with Crippen molar-refractivity contribution in [3.05, 3.63) is 56.1 Å². The maximum Gasteiger partial charge on any atom is 0.295 e. The first-order valence-electron chi connectivity index (χ1n) is 7.22. The van der Waals surface area contributed by atoms with E-state index >= 15 is 0 Å². The van der Waals surface area contributed by atoms with Crippen LogP contribution in [-0.2, 0) is 4.84 Å². The molecule has 0 radical (unpaired) electrons. The van der Waals surface area contributed by atoms with Crippen molar-refractivity contribution < 1.29 is 23.5 Å². The van der Waals surface area contributed by atoms with Gasteiger partial charge in [0.2, 0.25) is 0 Å². The molecule has 0 aliphatic carbocycles. The monoisotopic (exact) mass is 516 g/mol. The van der Waals surface area contributed by atoms with Gasteiger partial charge in [0, 0.05) is 15.3 Å². The molecule has 0 bridgehead atoms. The summed E-state index contributed by atoms with van der Waals surface area (Å²) < 4.78 is 29.2. The predicted octanol–water partition coefficient (Wildman–Crippen LogP) is 4.87. The van der Waals surface area contributed by atoms with Crippen molar-refractivity contribution in [3.63, 3.8) is 0 Å². The van der Waals surface area contributed by atoms with Crippen LogP contribution in [0.2, 0.25) is 5.02 Å². The zero-order valence-electron chi connectivity index (χ0n) is 13.3. The van der Waals surface area contributed by atoms with Gasteiger partial charge >= 0.3 is 0 Å². The summed E-state index contributed by atoms with van der Waals surface area (Å²) in [5, 5.41) is 12.1. The van der Waals surface area contributed by atoms with Crippen molar-refractivity contribution in [1.29, 1.82) is 0 Å². The van der Waals surface area contributed by atoms with Crippen molar-refractivity contribution in [2.24, 2.45) is 0 Å². The van der Waals surface area contributed by atoms with Crippen molar-refractivity contribution in [1.82, 2.24) is 4.58 Å². The molecule has 1 atom stereocenters. The second-order valence-electron chi connectivity index (χ2n) is 5.23. The molecule has 1 amide bonds. The highest BCUT2D eigenvalue weighted by molar-refractivity contribution is 14.1. The molecule has 10 heteroatoms. The van der Waals surface area contributed by atoms with Gasteiger partial charge in [-0.25, -0.2) is 8.78 Å². The predicted molar refractivity (Wildman–Crippen MR) is 103 cm³/mol. The van der Waals surface area contributed by atoms with E-state index < -0.39 is 29.3 Å². The maximum absolute atomic E-state index is 14.3. The lowest BCUT2D eigenvalue weighted by Crippen LogP contribution is -2.26. The third-order valence-corrected chi connectivity index (χ3v) is 4.34. The van der Waals surface area contributed by atoms with Gasteiger partial charge in [-0.2, -0.15) is 0 Å². The van der Waals surface area contributed by atoms with E-state index in [1.807, 2.05) is 22.6 Å². The second-order valence-corrected chi connectivity index (χ2v) is 7.19. The zero-order chi connectivity index (χ0) is 19.4. The Labute approximate surface area is 172 Å². The number of anilines is 2. The van der Waals surface area contributed by atoms with Crippen molar-refractivity contribution in [2.75, 3.05) is 11.9 Å². The Kier molecular flexibility index (Phi) is 7.42. The van der Waals surface area contributed by atoms with Gasteiger partial charge in [-0.1, -0.05) is 11.6 Å². The molecule has 2 aromatic rings. The first kappa shape index (κ1) is 21.1. The van der Waals surface area contributed by atoms with Gasteiger partial charge in [-0.15, -0.1) is 4.58 Å². The fraction of sp³-hybridized carbons (Fsp3) is 0.188. The Morgan fingerprint density at radius 1 is 1.38 bits per heavy atom. The van der Waals surface area contributed by atoms with Crippen molar-refractivity contribution in [2.45, 2.75) is 13.0 Å². The Morgan fingerprint density at radius 3 is 2.69 bits per heavy atom. The summed E-state index contributed by atoms with van der Waals surface area (Å²) in [6.45, 7) is 1.17. The number of rotatable bonds is 6. The van der Waals surface area contributed by atoms with E-state index in [1.54, 1.807) is 18.2 Å². The van der Waals surface area contributed by atoms with Gasteiger partial charge in [-0.3, -0.25) is 9.63 Å². The number of hydrogen-bond acceptors (Lipinski definition) is 4. The Morgan fingerprint density at radius 2 is 2.08 bits per heavy atom. The fourth-order valence-corrected chi connectivity index (χ4v) is 2.95. The molecule has 5 nitrogen and oxygen atoms in total. The van der Waals surface area contributed by atoms with Crippen LogP contribution in [0, 0.1) is 15.2 Å². The minimum absolute atomic E-state index is 0.257. The number of hydroxylamine groups is 1. The van der Waals surface area contributed by atoms with E-state index in [9.17, 15) is 18.7 Å². The smallest absolute Gasteiger partial charge is 0.295 e. The Balaban J connectivity index is 2.38. The number of hydrogen-bond donors (Lipinski definition) is 2. The SMILES string of the molecule is CC(O)CON(Cl)C(=O)c1ccc(F)c(F)c1Nc1ccc(I)cc1Cl. The molecule has 140 valence electrons. The molecule has 0 heterocycles. The third-order valence-electron chi connectivity index (χ3n) is 3.10. The molecule has 0 saturated carbocycles. The van der Waals surface area contributed by atoms with Crippen LogP contribution >= 0.6 is 46.0 Å². The van der Waals surface area contributed by atoms with Gasteiger partial charge in [-0.05, 0) is 59.8 Å². The average molecular weight is 517 g/mol. The van der Waals surface area contributed by atoms with Gasteiger partial charge < -0.3 is 10.4 Å². The highest BCUT2D eigenvalue weighted by atomic mass is 127. The second kappa shape index (κ2) is 9.14. The average Bonchev–Trinajstić information content (AvgIpc) is 2.58. The molecule has 2 aromatic carbocycles. The standard InChI is InChI=1S/C16H13Cl2F2IN2O3/c1-8(24)7-26-23(18)16(25)10-3-4-12(19)14(20)15(10)22-13-5-2-9(21)6-11(13)17/h2-6,8,22,24H,7H2,1H3. The summed E-state index contributed by atoms with van der Waals surface area (Å²) in [7, 11) is 0. The maximum atomic E-state index is 14.3. The first-order chi connectivity index (χ1) is 12.2. The minimum Gasteiger partial charge on any atom is -0.391 e. The quantitative estimate of drug-likeness (QED) is 0.326. The summed E-state index contributed by atoms with van der Waals surface area (Å²) in [6, 6.07) is 6.73. The Hall–Kier alpha value is -1.20. The van der Waals surface area contributed by atoms with E-state index in [4.69, 9.17) is 28.2 Å². The van der Waals surface area contributed by atoms with Crippen LogP contribution in [0.15, 0.2) is 30.3 Å². The van der Waals surface area contributed by atoms with E-state index in [0.29, 0.717) is 4.58 Å². The van der Waals surface area contributed by atoms with E-state index in [2.05, 4.69) is 5.32 Å². The number of nitrogens with zero attached hydrogens (tertiary/aromatic N) is 1. The molecule has 26 heavy (non-hydrogen) atoms. The number of carbonyl (C=O) groups is 1. The number of amides is 1. The van der Waals surface area contributed by atoms with Gasteiger partial charge in [0.1, 0.15) is 6.61 Å². The summed E-state index contributed by atoms with van der Waals surface area (Å²) in [4.78, 5) is 17.3. The van der Waals surface area contributed by atoms with E-state index in [1.165, 1.54) is 6.92 Å². The number of benzene rings is 2. The van der Waals surface area contributed by atoms with E-state index in [0.717, 1.165) is 15.7 Å². The van der Waals surface area contributed by atoms with Crippen LogP contribution in [-0.4, -0.2) is 28.3 Å². The van der Waals surface area contributed by atoms with Crippen molar-refractivity contribution >= 4 is 63.3 Å². The normalized spacial score (nSPS) is 12.0. The summed E-state index contributed by atoms with van der Waals surface area (Å²) >= 11 is 13.8. The van der Waals surface area contributed by atoms with Crippen molar-refractivity contribution in [3.8, 4) is 0 Å². The molecule has 1 unspecified atom stereocenters. The lowest BCUT2D eigenvalue weighted by molar-refractivity contribution is -0.0863. The van der Waals surface area contributed by atoms with Gasteiger partial charge in [0.05, 0.1) is 28.1 Å². The molecule has 0 aromatic heterocycles. The third kappa shape index (κ3) is 5.17. The minimum atomic E-state index is -1.27. The number of carbonyl (C=O) groups excluding carboxylic acids is 1. The number of aliphatic hydroxyl groups excluding tert-OH is 1. The summed E-state index contributed by atoms with van der Waals surface area (Å²) in [6.07, 6.45) is -0.878. The number of nitrogens with one attached hydrogen (secondary N) is 1. The van der Waals surface area contributed by atoms with Crippen LogP contribution in [0.1, 0.15) is 17.3 Å². The molecule has 0 spiro atoms. The molecule has 0 fully saturated rings. The molecule has 2 rings (SSSR count). The van der Waals surface area contributed by atoms with Crippen LogP contribution in [0.4, 0.5) is 20.2 Å². The summed E-state index contributed by atoms with van der Waals surface area (Å²) in [5.74, 6) is -3.38. The zero-order valence-corrected chi connectivity index (χ0v) is 16.9. The number of halogens is 5. The molecule has 2 N–H and O–H groups in total. The van der Waals surface area contributed by atoms with E-state index in [-0.39, 0.29) is 22.9 Å². The van der Waals surface area contributed by atoms with Crippen LogP contribution in [0.3, 0.4) is 0 Å². The van der Waals surface area contributed by atoms with Crippen LogP contribution < -0.4 is 5.32 Å². The largest absolute Gasteiger partial charge is 0.391 e. The first-order valence-corrected chi connectivity index (χ1v) is 9.01. The van der Waals surface area contributed by atoms with Crippen LogP contribution in [0.5, 0.6) is 0 Å². The molecule has 0 aliphatic rings. The van der Waals surface area contributed by atoms with Gasteiger partial charge in [0.25, 0.3) is 5.91 Å². The van der Waals surface area contributed by atoms with Gasteiger partial charge in [0.15, 0.2) is 11.6 Å². The molecule has 0 aliphatic heterocycles. The highest BCUT2D eigenvalue weighted by Gasteiger charge is 2.24. The molecule has 0 saturated heterocycles. The molecular weight excluding hydrogens is 504 g/mol. The lowest BCUT2D eigenvalue weighted by Gasteiger charge is -2.18.